The smallest absolute Gasteiger partial charge is 0.371 e. The fraction of sp³-hybridized carbons (Fsp3) is 0.357. The normalized spacial score (nSPS) is 23.5. The minimum absolute atomic E-state index is 0.0795. The Hall–Kier alpha value is -1.89. The maximum absolute atomic E-state index is 10.8. The molecule has 1 aliphatic heterocycles. The number of hydrogen-bond acceptors (Lipinski definition) is 5. The monoisotopic (exact) mass is 277 g/mol. The zero-order valence-electron chi connectivity index (χ0n) is 10.7. The van der Waals surface area contributed by atoms with Crippen LogP contribution in [-0.4, -0.2) is 51.5 Å². The number of aliphatic hydroxyl groups is 2. The zero-order valence-corrected chi connectivity index (χ0v) is 10.7. The number of nitrogens with zero attached hydrogens (tertiary/aromatic N) is 1. The molecular weight excluding hydrogens is 262 g/mol. The van der Waals surface area contributed by atoms with Gasteiger partial charge >= 0.3 is 5.97 Å². The molecule has 2 aromatic rings. The number of rotatable bonds is 3. The zero-order chi connectivity index (χ0) is 14.3. The first-order chi connectivity index (χ1) is 9.52. The summed E-state index contributed by atoms with van der Waals surface area (Å²) in [4.78, 5) is 12.8. The molecule has 0 amide bonds. The first kappa shape index (κ1) is 13.1. The Bertz CT molecular complexity index is 640. The van der Waals surface area contributed by atoms with Gasteiger partial charge in [-0.25, -0.2) is 4.79 Å². The lowest BCUT2D eigenvalue weighted by atomic mass is 10.1. The van der Waals surface area contributed by atoms with Gasteiger partial charge in [-0.3, -0.25) is 4.90 Å². The van der Waals surface area contributed by atoms with Gasteiger partial charge in [0.15, 0.2) is 0 Å². The number of likely N-dealkylation sites (tertiary alicyclic amines) is 1. The number of carboxylic acids is 1. The molecule has 2 unspecified atom stereocenters. The molecular formula is C14H15NO5. The molecule has 1 saturated heterocycles. The highest BCUT2D eigenvalue weighted by molar-refractivity contribution is 5.91. The van der Waals surface area contributed by atoms with Gasteiger partial charge in [0.25, 0.3) is 0 Å². The van der Waals surface area contributed by atoms with Gasteiger partial charge in [-0.1, -0.05) is 6.07 Å². The Morgan fingerprint density at radius 3 is 2.60 bits per heavy atom. The van der Waals surface area contributed by atoms with Gasteiger partial charge in [0, 0.05) is 25.0 Å². The molecule has 1 aliphatic rings. The molecule has 20 heavy (non-hydrogen) atoms. The average molecular weight is 277 g/mol. The molecule has 1 aromatic heterocycles. The Morgan fingerprint density at radius 1 is 1.25 bits per heavy atom. The van der Waals surface area contributed by atoms with Crippen molar-refractivity contribution < 1.29 is 24.5 Å². The second-order valence-corrected chi connectivity index (χ2v) is 5.12. The lowest BCUT2D eigenvalue weighted by Crippen LogP contribution is -2.22. The Labute approximate surface area is 114 Å². The van der Waals surface area contributed by atoms with Crippen LogP contribution in [0.1, 0.15) is 16.1 Å². The van der Waals surface area contributed by atoms with E-state index in [1.54, 1.807) is 6.07 Å². The van der Waals surface area contributed by atoms with Gasteiger partial charge in [0.05, 0.1) is 12.2 Å². The molecule has 3 N–H and O–H groups in total. The van der Waals surface area contributed by atoms with Crippen LogP contribution in [-0.2, 0) is 6.54 Å². The van der Waals surface area contributed by atoms with Gasteiger partial charge in [0.2, 0.25) is 5.76 Å². The second-order valence-electron chi connectivity index (χ2n) is 5.12. The number of aliphatic hydroxyl groups excluding tert-OH is 2. The van der Waals surface area contributed by atoms with E-state index in [0.29, 0.717) is 25.2 Å². The summed E-state index contributed by atoms with van der Waals surface area (Å²) >= 11 is 0. The highest BCUT2D eigenvalue weighted by Gasteiger charge is 2.29. The van der Waals surface area contributed by atoms with E-state index in [0.717, 1.165) is 10.9 Å². The topological polar surface area (TPSA) is 94.1 Å². The molecule has 6 heteroatoms. The lowest BCUT2D eigenvalue weighted by molar-refractivity contribution is 0.0572. The van der Waals surface area contributed by atoms with Crippen molar-refractivity contribution in [3.63, 3.8) is 0 Å². The van der Waals surface area contributed by atoms with Crippen molar-refractivity contribution in [2.45, 2.75) is 18.8 Å². The fourth-order valence-electron chi connectivity index (χ4n) is 2.53. The van der Waals surface area contributed by atoms with E-state index in [4.69, 9.17) is 9.52 Å². The van der Waals surface area contributed by atoms with Gasteiger partial charge in [-0.2, -0.15) is 0 Å². The van der Waals surface area contributed by atoms with Crippen LogP contribution in [0.4, 0.5) is 0 Å². The first-order valence-corrected chi connectivity index (χ1v) is 6.37. The van der Waals surface area contributed by atoms with Crippen LogP contribution in [0.5, 0.6) is 0 Å². The van der Waals surface area contributed by atoms with E-state index in [2.05, 4.69) is 0 Å². The van der Waals surface area contributed by atoms with E-state index in [1.807, 2.05) is 17.0 Å². The Kier molecular flexibility index (Phi) is 3.21. The van der Waals surface area contributed by atoms with Crippen LogP contribution in [0.15, 0.2) is 28.7 Å². The molecule has 0 radical (unpaired) electrons. The summed E-state index contributed by atoms with van der Waals surface area (Å²) in [5.74, 6) is -1.17. The van der Waals surface area contributed by atoms with E-state index in [9.17, 15) is 15.0 Å². The van der Waals surface area contributed by atoms with E-state index >= 15 is 0 Å². The van der Waals surface area contributed by atoms with Crippen LogP contribution >= 0.6 is 0 Å². The minimum atomic E-state index is -1.09. The van der Waals surface area contributed by atoms with E-state index in [-0.39, 0.29) is 5.76 Å². The third kappa shape index (κ3) is 2.40. The Morgan fingerprint density at radius 2 is 1.95 bits per heavy atom. The maximum atomic E-state index is 10.8. The van der Waals surface area contributed by atoms with Crippen LogP contribution in [0.2, 0.25) is 0 Å². The predicted octanol–water partition coefficient (Wildman–Crippen LogP) is 0.668. The molecule has 1 aromatic carbocycles. The van der Waals surface area contributed by atoms with Crippen molar-refractivity contribution in [2.75, 3.05) is 13.1 Å². The highest BCUT2D eigenvalue weighted by Crippen LogP contribution is 2.22. The van der Waals surface area contributed by atoms with E-state index < -0.39 is 18.2 Å². The Balaban J connectivity index is 1.80. The van der Waals surface area contributed by atoms with Crippen LogP contribution < -0.4 is 0 Å². The maximum Gasteiger partial charge on any atom is 0.371 e. The fourth-order valence-corrected chi connectivity index (χ4v) is 2.53. The molecule has 2 atom stereocenters. The molecule has 106 valence electrons. The second kappa shape index (κ2) is 4.90. The van der Waals surface area contributed by atoms with Crippen molar-refractivity contribution in [3.05, 3.63) is 35.6 Å². The molecule has 6 nitrogen and oxygen atoms in total. The summed E-state index contributed by atoms with van der Waals surface area (Å²) in [6, 6.07) is 6.95. The number of β-amino-alcohol motifs (C(OH)–C–C–N with tert-alkyl or cyclic N) is 2. The SMILES string of the molecule is O=C(O)c1cc2cc(CN3CC(O)C(O)C3)ccc2o1. The number of carboxylic acid groups (broad SMARTS) is 1. The minimum Gasteiger partial charge on any atom is -0.475 e. The van der Waals surface area contributed by atoms with Crippen molar-refractivity contribution in [1.29, 1.82) is 0 Å². The largest absolute Gasteiger partial charge is 0.475 e. The van der Waals surface area contributed by atoms with Gasteiger partial charge < -0.3 is 19.7 Å². The van der Waals surface area contributed by atoms with Gasteiger partial charge in [-0.05, 0) is 23.8 Å². The molecule has 0 aliphatic carbocycles. The summed E-state index contributed by atoms with van der Waals surface area (Å²) < 4.78 is 5.20. The van der Waals surface area contributed by atoms with Crippen LogP contribution in [0.25, 0.3) is 11.0 Å². The van der Waals surface area contributed by atoms with Crippen molar-refractivity contribution in [3.8, 4) is 0 Å². The number of fused-ring (bicyclic) bond motifs is 1. The molecule has 3 rings (SSSR count). The third-order valence-corrected chi connectivity index (χ3v) is 3.53. The predicted molar refractivity (Wildman–Crippen MR) is 70.5 cm³/mol. The standard InChI is InChI=1S/C14H15NO5/c16-10-6-15(7-11(10)17)5-8-1-2-12-9(3-8)4-13(20-12)14(18)19/h1-4,10-11,16-17H,5-7H2,(H,18,19). The number of aromatic carboxylic acids is 1. The number of hydrogen-bond donors (Lipinski definition) is 3. The molecule has 2 heterocycles. The number of benzene rings is 1. The number of furan rings is 1. The summed E-state index contributed by atoms with van der Waals surface area (Å²) in [7, 11) is 0. The summed E-state index contributed by atoms with van der Waals surface area (Å²) in [5, 5.41) is 28.6. The van der Waals surface area contributed by atoms with Crippen LogP contribution in [0, 0.1) is 0 Å². The first-order valence-electron chi connectivity index (χ1n) is 6.37. The quantitative estimate of drug-likeness (QED) is 0.763. The average Bonchev–Trinajstić information content (AvgIpc) is 2.93. The van der Waals surface area contributed by atoms with Crippen LogP contribution in [0.3, 0.4) is 0 Å². The van der Waals surface area contributed by atoms with E-state index in [1.165, 1.54) is 6.07 Å². The molecule has 1 fully saturated rings. The van der Waals surface area contributed by atoms with Gasteiger partial charge in [0.1, 0.15) is 5.58 Å². The highest BCUT2D eigenvalue weighted by atomic mass is 16.4. The van der Waals surface area contributed by atoms with Crippen molar-refractivity contribution in [2.24, 2.45) is 0 Å². The summed E-state index contributed by atoms with van der Waals surface area (Å²) in [6.07, 6.45) is -1.41. The molecule has 0 saturated carbocycles. The molecule has 0 spiro atoms. The van der Waals surface area contributed by atoms with Crippen molar-refractivity contribution in [1.82, 2.24) is 4.90 Å². The molecule has 0 bridgehead atoms. The summed E-state index contributed by atoms with van der Waals surface area (Å²) in [6.45, 7) is 1.47. The number of carbonyl (C=O) groups is 1. The third-order valence-electron chi connectivity index (χ3n) is 3.53. The summed E-state index contributed by atoms with van der Waals surface area (Å²) in [5.41, 5.74) is 1.52. The van der Waals surface area contributed by atoms with Gasteiger partial charge in [-0.15, -0.1) is 0 Å². The lowest BCUT2D eigenvalue weighted by Gasteiger charge is -2.14. The van der Waals surface area contributed by atoms with Crippen molar-refractivity contribution >= 4 is 16.9 Å².